The molecule has 0 aliphatic heterocycles. The van der Waals surface area contributed by atoms with Crippen LogP contribution in [0.1, 0.15) is 20.3 Å². The molecule has 0 radical (unpaired) electrons. The van der Waals surface area contributed by atoms with E-state index < -0.39 is 22.0 Å². The zero-order valence-corrected chi connectivity index (χ0v) is 12.7. The number of rotatable bonds is 6. The van der Waals surface area contributed by atoms with Crippen molar-refractivity contribution in [1.82, 2.24) is 4.72 Å². The molecule has 1 aromatic carbocycles. The lowest BCUT2D eigenvalue weighted by molar-refractivity contribution is -0.120. The van der Waals surface area contributed by atoms with E-state index in [0.29, 0.717) is 17.4 Å². The van der Waals surface area contributed by atoms with E-state index in [0.717, 1.165) is 0 Å². The van der Waals surface area contributed by atoms with Crippen molar-refractivity contribution in [2.75, 3.05) is 0 Å². The quantitative estimate of drug-likeness (QED) is 0.846. The van der Waals surface area contributed by atoms with Crippen LogP contribution in [0.3, 0.4) is 0 Å². The highest BCUT2D eigenvalue weighted by Crippen LogP contribution is 2.23. The third-order valence-electron chi connectivity index (χ3n) is 3.47. The van der Waals surface area contributed by atoms with Crippen LogP contribution in [0.2, 0.25) is 0 Å². The molecular formula is C14H18N2O4S. The van der Waals surface area contributed by atoms with Crippen LogP contribution in [0.5, 0.6) is 0 Å². The summed E-state index contributed by atoms with van der Waals surface area (Å²) in [7, 11) is -3.94. The normalized spacial score (nSPS) is 15.0. The average Bonchev–Trinajstić information content (AvgIpc) is 2.88. The summed E-state index contributed by atoms with van der Waals surface area (Å²) >= 11 is 0. The number of para-hydroxylation sites is 1. The molecule has 0 aliphatic carbocycles. The number of hydrogen-bond donors (Lipinski definition) is 2. The summed E-state index contributed by atoms with van der Waals surface area (Å²) in [6.07, 6.45) is 0.621. The van der Waals surface area contributed by atoms with E-state index >= 15 is 0 Å². The van der Waals surface area contributed by atoms with Crippen LogP contribution in [0.4, 0.5) is 0 Å². The van der Waals surface area contributed by atoms with Crippen LogP contribution in [0, 0.1) is 5.92 Å². The molecule has 2 atom stereocenters. The number of primary amides is 1. The molecule has 1 aromatic heterocycles. The number of fused-ring (bicyclic) bond motifs is 1. The predicted octanol–water partition coefficient (Wildman–Crippen LogP) is 1.61. The maximum absolute atomic E-state index is 12.3. The Morgan fingerprint density at radius 2 is 2.05 bits per heavy atom. The van der Waals surface area contributed by atoms with E-state index in [9.17, 15) is 13.2 Å². The summed E-state index contributed by atoms with van der Waals surface area (Å²) in [5.74, 6) is -0.911. The maximum Gasteiger partial charge on any atom is 0.274 e. The summed E-state index contributed by atoms with van der Waals surface area (Å²) in [6, 6.07) is 7.42. The average molecular weight is 310 g/mol. The minimum absolute atomic E-state index is 0.207. The molecule has 1 heterocycles. The Morgan fingerprint density at radius 1 is 1.38 bits per heavy atom. The molecule has 1 amide bonds. The van der Waals surface area contributed by atoms with Crippen molar-refractivity contribution < 1.29 is 17.6 Å². The number of furan rings is 1. The zero-order chi connectivity index (χ0) is 15.6. The van der Waals surface area contributed by atoms with Crippen molar-refractivity contribution in [3.8, 4) is 0 Å². The second kappa shape index (κ2) is 5.87. The first-order valence-corrected chi connectivity index (χ1v) is 8.13. The van der Waals surface area contributed by atoms with Crippen LogP contribution < -0.4 is 10.5 Å². The van der Waals surface area contributed by atoms with Gasteiger partial charge in [0.15, 0.2) is 0 Å². The van der Waals surface area contributed by atoms with Gasteiger partial charge in [0.25, 0.3) is 10.0 Å². The summed E-state index contributed by atoms with van der Waals surface area (Å²) in [6.45, 7) is 3.62. The van der Waals surface area contributed by atoms with Gasteiger partial charge in [-0.15, -0.1) is 0 Å². The highest BCUT2D eigenvalue weighted by molar-refractivity contribution is 7.89. The van der Waals surface area contributed by atoms with Crippen LogP contribution in [0.15, 0.2) is 39.8 Å². The fourth-order valence-corrected chi connectivity index (χ4v) is 3.29. The number of carbonyl (C=O) groups is 1. The molecular weight excluding hydrogens is 292 g/mol. The molecule has 0 aliphatic rings. The van der Waals surface area contributed by atoms with Gasteiger partial charge in [0.1, 0.15) is 11.6 Å². The lowest BCUT2D eigenvalue weighted by Crippen LogP contribution is -2.48. The van der Waals surface area contributed by atoms with Crippen LogP contribution in [-0.2, 0) is 14.8 Å². The molecule has 0 saturated heterocycles. The van der Waals surface area contributed by atoms with E-state index in [2.05, 4.69) is 4.72 Å². The van der Waals surface area contributed by atoms with Gasteiger partial charge in [0, 0.05) is 11.5 Å². The Labute approximate surface area is 123 Å². The first-order valence-electron chi connectivity index (χ1n) is 6.65. The summed E-state index contributed by atoms with van der Waals surface area (Å²) in [5.41, 5.74) is 5.75. The van der Waals surface area contributed by atoms with Gasteiger partial charge in [0.05, 0.1) is 0 Å². The third kappa shape index (κ3) is 3.25. The first kappa shape index (κ1) is 15.5. The molecule has 7 heteroatoms. The fourth-order valence-electron chi connectivity index (χ4n) is 2.01. The minimum atomic E-state index is -3.94. The number of nitrogens with two attached hydrogens (primary N) is 1. The Balaban J connectivity index is 2.34. The maximum atomic E-state index is 12.3. The fraction of sp³-hybridized carbons (Fsp3) is 0.357. The number of carbonyl (C=O) groups excluding carboxylic acids is 1. The second-order valence-corrected chi connectivity index (χ2v) is 6.64. The van der Waals surface area contributed by atoms with Gasteiger partial charge in [-0.05, 0) is 12.0 Å². The van der Waals surface area contributed by atoms with Crippen molar-refractivity contribution >= 4 is 26.9 Å². The standard InChI is InChI=1S/C14H18N2O4S/c1-3-9(2)13(14(15)17)16-21(18,19)12-8-10-6-4-5-7-11(10)20-12/h4-9,13,16H,3H2,1-2H3,(H2,15,17)/t9-,13-/m0/s1. The van der Waals surface area contributed by atoms with E-state index in [1.165, 1.54) is 6.07 Å². The molecule has 3 N–H and O–H groups in total. The second-order valence-electron chi connectivity index (χ2n) is 4.99. The zero-order valence-electron chi connectivity index (χ0n) is 11.9. The van der Waals surface area contributed by atoms with Crippen LogP contribution in [-0.4, -0.2) is 20.4 Å². The third-order valence-corrected chi connectivity index (χ3v) is 4.76. The molecule has 0 bridgehead atoms. The number of nitrogens with one attached hydrogen (secondary N) is 1. The molecule has 2 aromatic rings. The molecule has 0 saturated carbocycles. The molecule has 21 heavy (non-hydrogen) atoms. The Morgan fingerprint density at radius 3 is 2.62 bits per heavy atom. The van der Waals surface area contributed by atoms with Gasteiger partial charge < -0.3 is 10.2 Å². The van der Waals surface area contributed by atoms with Crippen LogP contribution >= 0.6 is 0 Å². The Kier molecular flexibility index (Phi) is 4.34. The number of hydrogen-bond acceptors (Lipinski definition) is 4. The molecule has 114 valence electrons. The monoisotopic (exact) mass is 310 g/mol. The van der Waals surface area contributed by atoms with Crippen LogP contribution in [0.25, 0.3) is 11.0 Å². The van der Waals surface area contributed by atoms with E-state index in [-0.39, 0.29) is 11.0 Å². The molecule has 0 unspecified atom stereocenters. The number of benzene rings is 1. The smallest absolute Gasteiger partial charge is 0.274 e. The summed E-state index contributed by atoms with van der Waals surface area (Å²) < 4.78 is 32.3. The Bertz CT molecular complexity index is 718. The van der Waals surface area contributed by atoms with Gasteiger partial charge in [-0.2, -0.15) is 4.72 Å². The van der Waals surface area contributed by atoms with Crippen molar-refractivity contribution in [2.45, 2.75) is 31.4 Å². The topological polar surface area (TPSA) is 102 Å². The van der Waals surface area contributed by atoms with Gasteiger partial charge in [-0.25, -0.2) is 8.42 Å². The number of sulfonamides is 1. The van der Waals surface area contributed by atoms with Gasteiger partial charge in [-0.1, -0.05) is 38.5 Å². The van der Waals surface area contributed by atoms with E-state index in [1.807, 2.05) is 6.92 Å². The SMILES string of the molecule is CC[C@H](C)[C@H](NS(=O)(=O)c1cc2ccccc2o1)C(N)=O. The highest BCUT2D eigenvalue weighted by atomic mass is 32.2. The largest absolute Gasteiger partial charge is 0.443 e. The minimum Gasteiger partial charge on any atom is -0.443 e. The van der Waals surface area contributed by atoms with Crippen molar-refractivity contribution in [3.05, 3.63) is 30.3 Å². The van der Waals surface area contributed by atoms with E-state index in [4.69, 9.17) is 10.2 Å². The first-order chi connectivity index (χ1) is 9.85. The lowest BCUT2D eigenvalue weighted by atomic mass is 10.00. The molecule has 0 fully saturated rings. The molecule has 0 spiro atoms. The molecule has 6 nitrogen and oxygen atoms in total. The Hall–Kier alpha value is -1.86. The van der Waals surface area contributed by atoms with Gasteiger partial charge in [0.2, 0.25) is 11.0 Å². The predicted molar refractivity (Wildman–Crippen MR) is 79.0 cm³/mol. The van der Waals surface area contributed by atoms with Crippen molar-refractivity contribution in [2.24, 2.45) is 11.7 Å². The number of amides is 1. The van der Waals surface area contributed by atoms with Gasteiger partial charge >= 0.3 is 0 Å². The van der Waals surface area contributed by atoms with E-state index in [1.54, 1.807) is 31.2 Å². The summed E-state index contributed by atoms with van der Waals surface area (Å²) in [4.78, 5) is 11.4. The lowest BCUT2D eigenvalue weighted by Gasteiger charge is -2.20. The molecule has 2 rings (SSSR count). The summed E-state index contributed by atoms with van der Waals surface area (Å²) in [5, 5.41) is 0.454. The van der Waals surface area contributed by atoms with Gasteiger partial charge in [-0.3, -0.25) is 4.79 Å². The van der Waals surface area contributed by atoms with Crippen molar-refractivity contribution in [3.63, 3.8) is 0 Å². The highest BCUT2D eigenvalue weighted by Gasteiger charge is 2.29. The van der Waals surface area contributed by atoms with Crippen molar-refractivity contribution in [1.29, 1.82) is 0 Å².